The van der Waals surface area contributed by atoms with Crippen molar-refractivity contribution in [1.82, 2.24) is 25.2 Å². The van der Waals surface area contributed by atoms with Crippen molar-refractivity contribution < 1.29 is 37.1 Å². The number of sulfonamides is 1. The third-order valence-corrected chi connectivity index (χ3v) is 10.9. The predicted molar refractivity (Wildman–Crippen MR) is 181 cm³/mol. The summed E-state index contributed by atoms with van der Waals surface area (Å²) in [4.78, 5) is 60.4. The van der Waals surface area contributed by atoms with Gasteiger partial charge in [0.2, 0.25) is 15.9 Å². The van der Waals surface area contributed by atoms with Gasteiger partial charge in [-0.15, -0.1) is 0 Å². The Bertz CT molecular complexity index is 1910. The quantitative estimate of drug-likeness (QED) is 0.237. The van der Waals surface area contributed by atoms with Gasteiger partial charge in [0.25, 0.3) is 5.91 Å². The number of esters is 1. The third kappa shape index (κ3) is 7.53. The molecule has 0 spiro atoms. The van der Waals surface area contributed by atoms with E-state index in [4.69, 9.17) is 14.5 Å². The predicted octanol–water partition coefficient (Wildman–Crippen LogP) is 3.30. The lowest BCUT2D eigenvalue weighted by molar-refractivity contribution is -0.130. The van der Waals surface area contributed by atoms with Crippen LogP contribution in [0.5, 0.6) is 5.75 Å². The first kappa shape index (κ1) is 33.9. The Kier molecular flexibility index (Phi) is 9.59. The fourth-order valence-electron chi connectivity index (χ4n) is 5.88. The molecule has 13 nitrogen and oxygen atoms in total. The number of aromatic nitrogens is 1. The number of pyridine rings is 1. The Morgan fingerprint density at radius 1 is 1.08 bits per heavy atom. The summed E-state index contributed by atoms with van der Waals surface area (Å²) in [6.45, 7) is -0.138. The Hall–Kier alpha value is -4.98. The number of nitrogens with zero attached hydrogens (tertiary/aromatic N) is 2. The first-order chi connectivity index (χ1) is 23.5. The largest absolute Gasteiger partial charge is 0.497 e. The molecule has 4 amide bonds. The molecule has 2 saturated carbocycles. The van der Waals surface area contributed by atoms with E-state index < -0.39 is 63.2 Å². The summed E-state index contributed by atoms with van der Waals surface area (Å²) in [7, 11) is -0.767. The van der Waals surface area contributed by atoms with Crippen LogP contribution in [0.25, 0.3) is 22.2 Å². The molecule has 2 heterocycles. The number of amides is 4. The van der Waals surface area contributed by atoms with Crippen molar-refractivity contribution in [2.45, 2.75) is 55.4 Å². The van der Waals surface area contributed by atoms with Crippen LogP contribution in [-0.2, 0) is 24.3 Å². The van der Waals surface area contributed by atoms with Gasteiger partial charge in [0.1, 0.15) is 23.9 Å². The van der Waals surface area contributed by atoms with E-state index in [2.05, 4.69) is 15.4 Å². The maximum Gasteiger partial charge on any atom is 0.338 e. The first-order valence-electron chi connectivity index (χ1n) is 16.3. The van der Waals surface area contributed by atoms with Crippen molar-refractivity contribution in [2.75, 3.05) is 27.3 Å². The average molecular weight is 690 g/mol. The highest BCUT2D eigenvalue weighted by atomic mass is 32.2. The van der Waals surface area contributed by atoms with E-state index in [1.54, 1.807) is 31.3 Å². The number of allylic oxidation sites excluding steroid dienone is 1. The Labute approximate surface area is 284 Å². The van der Waals surface area contributed by atoms with Gasteiger partial charge in [-0.05, 0) is 56.7 Å². The smallest absolute Gasteiger partial charge is 0.338 e. The minimum Gasteiger partial charge on any atom is -0.497 e. The van der Waals surface area contributed by atoms with E-state index in [1.165, 1.54) is 12.0 Å². The topological polar surface area (TPSA) is 173 Å². The van der Waals surface area contributed by atoms with Gasteiger partial charge in [-0.3, -0.25) is 14.3 Å². The number of carbonyl (C=O) groups is 4. The van der Waals surface area contributed by atoms with Crippen LogP contribution in [0.3, 0.4) is 0 Å². The van der Waals surface area contributed by atoms with E-state index >= 15 is 0 Å². The second-order valence-corrected chi connectivity index (χ2v) is 14.7. The number of hydrogen-bond acceptors (Lipinski definition) is 9. The Morgan fingerprint density at radius 3 is 2.59 bits per heavy atom. The van der Waals surface area contributed by atoms with Crippen LogP contribution in [-0.4, -0.2) is 86.3 Å². The highest BCUT2D eigenvalue weighted by Gasteiger charge is 2.61. The molecule has 3 N–H and O–H groups in total. The molecule has 0 unspecified atom stereocenters. The number of fused-ring (bicyclic) bond motifs is 2. The standard InChI is InChI=1S/C35H39N5O8S/c1-40-17-9-4-3-8-12-23-20-35(23,33(43)39-49(45,46)25-14-15-25)38-31(41)30(37-34(40)44)21-48-32(42)27-19-28(22-10-6-5-7-11-22)36-29-18-24(47-2)13-16-26(27)29/h5-8,10-13,16,18-19,23,25,30H,3-4,9,14-15,17,20-21H2,1-2H3,(H,37,44)(H,38,41)(H,39,43)/b12-8-/t23-,30+,35-/m1/s1. The molecule has 1 aliphatic heterocycles. The van der Waals surface area contributed by atoms with Gasteiger partial charge in [-0.2, -0.15) is 0 Å². The molecule has 3 atom stereocenters. The fraction of sp³-hybridized carbons (Fsp3) is 0.400. The minimum atomic E-state index is -3.89. The molecule has 0 saturated heterocycles. The molecule has 3 aliphatic rings. The van der Waals surface area contributed by atoms with Crippen LogP contribution in [0.2, 0.25) is 0 Å². The summed E-state index contributed by atoms with van der Waals surface area (Å²) in [5, 5.41) is 5.20. The summed E-state index contributed by atoms with van der Waals surface area (Å²) in [5.41, 5.74) is 0.414. The van der Waals surface area contributed by atoms with E-state index in [-0.39, 0.29) is 12.0 Å². The first-order valence-corrected chi connectivity index (χ1v) is 17.8. The zero-order chi connectivity index (χ0) is 34.8. The van der Waals surface area contributed by atoms with Crippen molar-refractivity contribution in [1.29, 1.82) is 0 Å². The molecule has 0 radical (unpaired) electrons. The zero-order valence-corrected chi connectivity index (χ0v) is 28.1. The molecular weight excluding hydrogens is 650 g/mol. The molecular formula is C35H39N5O8S. The van der Waals surface area contributed by atoms with Crippen molar-refractivity contribution >= 4 is 44.7 Å². The summed E-state index contributed by atoms with van der Waals surface area (Å²) >= 11 is 0. The second kappa shape index (κ2) is 13.9. The summed E-state index contributed by atoms with van der Waals surface area (Å²) in [6, 6.07) is 14.0. The number of carbonyl (C=O) groups excluding carboxylic acids is 4. The molecule has 258 valence electrons. The van der Waals surface area contributed by atoms with Crippen LogP contribution in [0.4, 0.5) is 4.79 Å². The van der Waals surface area contributed by atoms with Crippen LogP contribution >= 0.6 is 0 Å². The maximum atomic E-state index is 13.9. The number of rotatable bonds is 8. The second-order valence-electron chi connectivity index (χ2n) is 12.7. The van der Waals surface area contributed by atoms with E-state index in [0.29, 0.717) is 54.6 Å². The molecule has 2 fully saturated rings. The number of nitrogens with one attached hydrogen (secondary N) is 3. The number of methoxy groups -OCH3 is 1. The third-order valence-electron chi connectivity index (χ3n) is 9.10. The normalized spacial score (nSPS) is 23.7. The lowest BCUT2D eigenvalue weighted by atomic mass is 10.0. The molecule has 2 aromatic carbocycles. The van der Waals surface area contributed by atoms with Gasteiger partial charge in [0, 0.05) is 36.5 Å². The highest BCUT2D eigenvalue weighted by molar-refractivity contribution is 7.91. The van der Waals surface area contributed by atoms with Gasteiger partial charge in [-0.1, -0.05) is 42.5 Å². The number of hydrogen-bond donors (Lipinski definition) is 3. The highest BCUT2D eigenvalue weighted by Crippen LogP contribution is 2.45. The fourth-order valence-corrected chi connectivity index (χ4v) is 7.25. The van der Waals surface area contributed by atoms with Gasteiger partial charge >= 0.3 is 12.0 Å². The van der Waals surface area contributed by atoms with E-state index in [0.717, 1.165) is 12.0 Å². The molecule has 6 rings (SSSR count). The molecule has 1 aromatic heterocycles. The summed E-state index contributed by atoms with van der Waals surface area (Å²) in [6.07, 6.45) is 7.00. The number of benzene rings is 2. The number of ether oxygens (including phenoxy) is 2. The Morgan fingerprint density at radius 2 is 1.86 bits per heavy atom. The Balaban J connectivity index is 1.28. The van der Waals surface area contributed by atoms with Gasteiger partial charge in [0.15, 0.2) is 0 Å². The molecule has 14 heteroatoms. The molecule has 2 aliphatic carbocycles. The van der Waals surface area contributed by atoms with Crippen molar-refractivity contribution in [2.24, 2.45) is 5.92 Å². The van der Waals surface area contributed by atoms with Gasteiger partial charge in [0.05, 0.1) is 29.1 Å². The van der Waals surface area contributed by atoms with Gasteiger partial charge in [-0.25, -0.2) is 23.0 Å². The number of urea groups is 1. The van der Waals surface area contributed by atoms with Crippen LogP contribution in [0.15, 0.2) is 66.7 Å². The van der Waals surface area contributed by atoms with Crippen molar-refractivity contribution in [3.8, 4) is 17.0 Å². The maximum absolute atomic E-state index is 13.9. The van der Waals surface area contributed by atoms with E-state index in [1.807, 2.05) is 42.5 Å². The van der Waals surface area contributed by atoms with Crippen molar-refractivity contribution in [3.63, 3.8) is 0 Å². The lowest BCUT2D eigenvalue weighted by Crippen LogP contribution is -2.59. The van der Waals surface area contributed by atoms with Crippen LogP contribution < -0.4 is 20.1 Å². The SMILES string of the molecule is COc1ccc2c(C(=O)OC[C@@H]3NC(=O)N(C)CCCC/C=C\[C@@H]4C[C@@]4(C(=O)NS(=O)(=O)C4CC4)NC3=O)cc(-c3ccccc3)nc2c1. The molecule has 3 aromatic rings. The minimum absolute atomic E-state index is 0.177. The summed E-state index contributed by atoms with van der Waals surface area (Å²) in [5.74, 6) is -2.30. The van der Waals surface area contributed by atoms with Crippen LogP contribution in [0, 0.1) is 5.92 Å². The summed E-state index contributed by atoms with van der Waals surface area (Å²) < 4.78 is 38.5. The lowest BCUT2D eigenvalue weighted by Gasteiger charge is -2.26. The van der Waals surface area contributed by atoms with E-state index in [9.17, 15) is 27.6 Å². The monoisotopic (exact) mass is 689 g/mol. The van der Waals surface area contributed by atoms with Crippen LogP contribution in [0.1, 0.15) is 48.9 Å². The van der Waals surface area contributed by atoms with Crippen molar-refractivity contribution in [3.05, 3.63) is 72.3 Å². The zero-order valence-electron chi connectivity index (χ0n) is 27.3. The molecule has 0 bridgehead atoms. The average Bonchev–Trinajstić information content (AvgIpc) is 4.03. The molecule has 49 heavy (non-hydrogen) atoms. The van der Waals surface area contributed by atoms with Gasteiger partial charge < -0.3 is 25.0 Å².